The second-order valence-electron chi connectivity index (χ2n) is 10.5. The van der Waals surface area contributed by atoms with Crippen molar-refractivity contribution in [1.29, 1.82) is 0 Å². The Morgan fingerprint density at radius 3 is 2.31 bits per heavy atom. The minimum atomic E-state index is -4.61. The van der Waals surface area contributed by atoms with E-state index in [2.05, 4.69) is 20.6 Å². The van der Waals surface area contributed by atoms with Crippen molar-refractivity contribution >= 4 is 29.0 Å². The monoisotopic (exact) mass is 575 g/mol. The van der Waals surface area contributed by atoms with Gasteiger partial charge in [0.05, 0.1) is 10.5 Å². The normalized spacial score (nSPS) is 20.0. The highest BCUT2D eigenvalue weighted by molar-refractivity contribution is 7.17. The number of halogens is 5. The van der Waals surface area contributed by atoms with Crippen molar-refractivity contribution in [3.05, 3.63) is 28.5 Å². The molecule has 2 bridgehead atoms. The van der Waals surface area contributed by atoms with Crippen molar-refractivity contribution in [3.63, 3.8) is 0 Å². The second kappa shape index (κ2) is 11.0. The van der Waals surface area contributed by atoms with Gasteiger partial charge in [-0.25, -0.2) is 18.7 Å². The van der Waals surface area contributed by atoms with E-state index >= 15 is 0 Å². The first-order valence-electron chi connectivity index (χ1n) is 12.7. The van der Waals surface area contributed by atoms with Crippen LogP contribution < -0.4 is 10.6 Å². The summed E-state index contributed by atoms with van der Waals surface area (Å²) < 4.78 is 68.2. The summed E-state index contributed by atoms with van der Waals surface area (Å²) in [6.07, 6.45) is -3.82. The number of carbonyl (C=O) groups excluding carboxylic acids is 2. The standard InChI is InChI=1S/C25H30F5N5O3S/c1-4-16(25(28,29)30)33-17-9-14(20(26)27)15(10-31-17)19-18(23(37)35-12-5-6-13(35)8-7-12)34-22(39-19)21(36)32-11-24(2,3)38/h9-10,12-13,16,20,38H,4-8,11H2,1-3H3,(H,31,33)(H,32,36)/t12-,13+,16-/m0/s1. The van der Waals surface area contributed by atoms with Gasteiger partial charge in [-0.15, -0.1) is 11.3 Å². The van der Waals surface area contributed by atoms with E-state index in [0.29, 0.717) is 11.3 Å². The molecule has 0 radical (unpaired) electrons. The summed E-state index contributed by atoms with van der Waals surface area (Å²) in [6.45, 7) is 4.15. The lowest BCUT2D eigenvalue weighted by atomic mass is 10.0. The number of aliphatic hydroxyl groups is 1. The first-order valence-corrected chi connectivity index (χ1v) is 13.5. The molecular formula is C25H30F5N5O3S. The smallest absolute Gasteiger partial charge is 0.389 e. The predicted octanol–water partition coefficient (Wildman–Crippen LogP) is 5.16. The van der Waals surface area contributed by atoms with Gasteiger partial charge in [0.15, 0.2) is 5.01 Å². The van der Waals surface area contributed by atoms with Crippen molar-refractivity contribution in [2.45, 2.75) is 89.2 Å². The molecule has 2 aliphatic rings. The quantitative estimate of drug-likeness (QED) is 0.357. The highest BCUT2D eigenvalue weighted by atomic mass is 32.1. The van der Waals surface area contributed by atoms with E-state index in [1.165, 1.54) is 20.8 Å². The SMILES string of the molecule is CC[C@H](Nc1cc(C(F)F)c(-c2sc(C(=O)NCC(C)(C)O)nc2C(=O)N2[C@H]3CC[C@@H]2CC3)cn1)C(F)(F)F. The Kier molecular flexibility index (Phi) is 8.18. The molecule has 2 fully saturated rings. The number of nitrogens with one attached hydrogen (secondary N) is 2. The summed E-state index contributed by atoms with van der Waals surface area (Å²) in [4.78, 5) is 36.3. The van der Waals surface area contributed by atoms with Gasteiger partial charge in [-0.3, -0.25) is 9.59 Å². The van der Waals surface area contributed by atoms with Gasteiger partial charge in [0.2, 0.25) is 0 Å². The fourth-order valence-electron chi connectivity index (χ4n) is 5.00. The molecule has 4 rings (SSSR count). The number of carbonyl (C=O) groups is 2. The Morgan fingerprint density at radius 1 is 1.18 bits per heavy atom. The number of hydrogen-bond acceptors (Lipinski definition) is 7. The molecule has 2 saturated heterocycles. The molecular weight excluding hydrogens is 545 g/mol. The number of nitrogens with zero attached hydrogens (tertiary/aromatic N) is 3. The summed E-state index contributed by atoms with van der Waals surface area (Å²) in [5.41, 5.74) is -2.25. The Hall–Kier alpha value is -2.87. The minimum Gasteiger partial charge on any atom is -0.389 e. The number of pyridine rings is 1. The number of rotatable bonds is 9. The molecule has 14 heteroatoms. The number of aromatic nitrogens is 2. The number of amides is 2. The van der Waals surface area contributed by atoms with Crippen LogP contribution in [0.3, 0.4) is 0 Å². The van der Waals surface area contributed by atoms with Crippen LogP contribution in [0, 0.1) is 0 Å². The first kappa shape index (κ1) is 29.1. The van der Waals surface area contributed by atoms with Gasteiger partial charge in [0.1, 0.15) is 17.6 Å². The summed E-state index contributed by atoms with van der Waals surface area (Å²) in [5, 5.41) is 14.4. The maximum absolute atomic E-state index is 14.2. The Morgan fingerprint density at radius 2 is 1.79 bits per heavy atom. The van der Waals surface area contributed by atoms with Crippen LogP contribution in [0.1, 0.15) is 85.2 Å². The fourth-order valence-corrected chi connectivity index (χ4v) is 6.00. The van der Waals surface area contributed by atoms with E-state index in [9.17, 15) is 36.6 Å². The molecule has 0 spiro atoms. The van der Waals surface area contributed by atoms with E-state index in [-0.39, 0.29) is 46.2 Å². The Bertz CT molecular complexity index is 1210. The van der Waals surface area contributed by atoms with Crippen LogP contribution in [0.25, 0.3) is 10.4 Å². The Labute approximate surface area is 226 Å². The largest absolute Gasteiger partial charge is 0.408 e. The maximum Gasteiger partial charge on any atom is 0.408 e. The van der Waals surface area contributed by atoms with Gasteiger partial charge in [0.25, 0.3) is 18.2 Å². The van der Waals surface area contributed by atoms with Crippen molar-refractivity contribution in [2.24, 2.45) is 0 Å². The molecule has 4 heterocycles. The predicted molar refractivity (Wildman–Crippen MR) is 135 cm³/mol. The van der Waals surface area contributed by atoms with Crippen LogP contribution in [0.4, 0.5) is 27.8 Å². The lowest BCUT2D eigenvalue weighted by Gasteiger charge is -2.22. The van der Waals surface area contributed by atoms with Crippen LogP contribution in [-0.2, 0) is 0 Å². The molecule has 0 unspecified atom stereocenters. The van der Waals surface area contributed by atoms with Gasteiger partial charge in [-0.05, 0) is 52.0 Å². The summed E-state index contributed by atoms with van der Waals surface area (Å²) in [6, 6.07) is -1.16. The van der Waals surface area contributed by atoms with E-state index < -0.39 is 47.4 Å². The molecule has 2 aromatic rings. The molecule has 8 nitrogen and oxygen atoms in total. The average Bonchev–Trinajstić information content (AvgIpc) is 3.58. The van der Waals surface area contributed by atoms with Crippen LogP contribution >= 0.6 is 11.3 Å². The van der Waals surface area contributed by atoms with Gasteiger partial charge in [0, 0.05) is 36.0 Å². The molecule has 1 atom stereocenters. The average molecular weight is 576 g/mol. The molecule has 2 aliphatic heterocycles. The zero-order chi connectivity index (χ0) is 28.7. The molecule has 2 amide bonds. The van der Waals surface area contributed by atoms with Gasteiger partial charge < -0.3 is 20.6 Å². The van der Waals surface area contributed by atoms with E-state index in [4.69, 9.17) is 0 Å². The van der Waals surface area contributed by atoms with E-state index in [1.54, 1.807) is 4.90 Å². The number of hydrogen-bond donors (Lipinski definition) is 3. The summed E-state index contributed by atoms with van der Waals surface area (Å²) >= 11 is 0.715. The third-order valence-electron chi connectivity index (χ3n) is 6.93. The van der Waals surface area contributed by atoms with Gasteiger partial charge >= 0.3 is 6.18 Å². The van der Waals surface area contributed by atoms with Gasteiger partial charge in [-0.1, -0.05) is 6.92 Å². The molecule has 3 N–H and O–H groups in total. The first-order chi connectivity index (χ1) is 18.2. The third kappa shape index (κ3) is 6.32. The molecule has 2 aromatic heterocycles. The van der Waals surface area contributed by atoms with Crippen LogP contribution in [0.2, 0.25) is 0 Å². The molecule has 0 saturated carbocycles. The highest BCUT2D eigenvalue weighted by Crippen LogP contribution is 2.42. The Balaban J connectivity index is 1.76. The topological polar surface area (TPSA) is 107 Å². The molecule has 0 aromatic carbocycles. The number of fused-ring (bicyclic) bond motifs is 2. The van der Waals surface area contributed by atoms with Crippen molar-refractivity contribution < 1.29 is 36.6 Å². The zero-order valence-corrected chi connectivity index (χ0v) is 22.4. The van der Waals surface area contributed by atoms with Crippen LogP contribution in [0.5, 0.6) is 0 Å². The number of thiazole rings is 1. The minimum absolute atomic E-state index is 0.00266. The number of anilines is 1. The van der Waals surface area contributed by atoms with Crippen molar-refractivity contribution in [2.75, 3.05) is 11.9 Å². The van der Waals surface area contributed by atoms with Crippen LogP contribution in [0.15, 0.2) is 12.3 Å². The fraction of sp³-hybridized carbons (Fsp3) is 0.600. The molecule has 214 valence electrons. The van der Waals surface area contributed by atoms with E-state index in [1.807, 2.05) is 0 Å². The molecule has 0 aliphatic carbocycles. The summed E-state index contributed by atoms with van der Waals surface area (Å²) in [7, 11) is 0. The third-order valence-corrected chi connectivity index (χ3v) is 8.02. The zero-order valence-electron chi connectivity index (χ0n) is 21.6. The van der Waals surface area contributed by atoms with Gasteiger partial charge in [-0.2, -0.15) is 13.2 Å². The maximum atomic E-state index is 14.2. The second-order valence-corrected chi connectivity index (χ2v) is 11.5. The van der Waals surface area contributed by atoms with Crippen molar-refractivity contribution in [3.8, 4) is 10.4 Å². The number of alkyl halides is 5. The van der Waals surface area contributed by atoms with Crippen molar-refractivity contribution in [1.82, 2.24) is 20.2 Å². The lowest BCUT2D eigenvalue weighted by molar-refractivity contribution is -0.142. The summed E-state index contributed by atoms with van der Waals surface area (Å²) in [5.74, 6) is -1.58. The highest BCUT2D eigenvalue weighted by Gasteiger charge is 2.44. The van der Waals surface area contributed by atoms with Crippen LogP contribution in [-0.4, -0.2) is 68.2 Å². The molecule has 39 heavy (non-hydrogen) atoms. The lowest BCUT2D eigenvalue weighted by Crippen LogP contribution is -2.38. The van der Waals surface area contributed by atoms with E-state index in [0.717, 1.165) is 37.9 Å².